The molecule has 2 aromatic rings. The Bertz CT molecular complexity index is 776. The SMILES string of the molecule is Cc1cc(C)cc(NC(N)=NCc2cc(F)cc3c2OCOC3)c1.I. The van der Waals surface area contributed by atoms with Gasteiger partial charge in [-0.25, -0.2) is 9.38 Å². The summed E-state index contributed by atoms with van der Waals surface area (Å²) in [6, 6.07) is 8.88. The molecule has 134 valence electrons. The van der Waals surface area contributed by atoms with Gasteiger partial charge < -0.3 is 20.5 Å². The Morgan fingerprint density at radius 2 is 1.92 bits per heavy atom. The van der Waals surface area contributed by atoms with Crippen LogP contribution in [0.2, 0.25) is 0 Å². The zero-order valence-electron chi connectivity index (χ0n) is 14.1. The van der Waals surface area contributed by atoms with Crippen molar-refractivity contribution in [3.8, 4) is 5.75 Å². The minimum Gasteiger partial charge on any atom is -0.467 e. The lowest BCUT2D eigenvalue weighted by Crippen LogP contribution is -2.23. The fourth-order valence-corrected chi connectivity index (χ4v) is 2.78. The number of nitrogens with one attached hydrogen (secondary N) is 1. The summed E-state index contributed by atoms with van der Waals surface area (Å²) in [4.78, 5) is 4.29. The third kappa shape index (κ3) is 5.05. The Balaban J connectivity index is 0.00000225. The summed E-state index contributed by atoms with van der Waals surface area (Å²) in [5.41, 5.74) is 10.4. The van der Waals surface area contributed by atoms with Crippen molar-refractivity contribution in [2.45, 2.75) is 27.0 Å². The molecule has 0 radical (unpaired) electrons. The van der Waals surface area contributed by atoms with Crippen LogP contribution in [0.1, 0.15) is 22.3 Å². The van der Waals surface area contributed by atoms with Crippen molar-refractivity contribution in [3.05, 3.63) is 58.4 Å². The van der Waals surface area contributed by atoms with E-state index in [1.165, 1.54) is 12.1 Å². The van der Waals surface area contributed by atoms with Crippen molar-refractivity contribution in [3.63, 3.8) is 0 Å². The van der Waals surface area contributed by atoms with Gasteiger partial charge in [0.1, 0.15) is 11.6 Å². The molecule has 0 amide bonds. The Hall–Kier alpha value is -1.87. The van der Waals surface area contributed by atoms with Gasteiger partial charge in [-0.1, -0.05) is 6.07 Å². The van der Waals surface area contributed by atoms with Gasteiger partial charge in [-0.3, -0.25) is 0 Å². The van der Waals surface area contributed by atoms with Crippen LogP contribution in [-0.4, -0.2) is 12.8 Å². The molecule has 3 rings (SSSR count). The third-order valence-electron chi connectivity index (χ3n) is 3.67. The Morgan fingerprint density at radius 3 is 2.64 bits per heavy atom. The van der Waals surface area contributed by atoms with Crippen LogP contribution >= 0.6 is 24.0 Å². The van der Waals surface area contributed by atoms with E-state index >= 15 is 0 Å². The van der Waals surface area contributed by atoms with Crippen LogP contribution in [0, 0.1) is 19.7 Å². The number of nitrogens with two attached hydrogens (primary N) is 1. The number of anilines is 1. The van der Waals surface area contributed by atoms with Crippen LogP contribution in [-0.2, 0) is 17.9 Å². The minimum absolute atomic E-state index is 0. The number of nitrogens with zero attached hydrogens (tertiary/aromatic N) is 1. The molecule has 0 unspecified atom stereocenters. The van der Waals surface area contributed by atoms with E-state index in [9.17, 15) is 4.39 Å². The first-order valence-corrected chi connectivity index (χ1v) is 7.68. The summed E-state index contributed by atoms with van der Waals surface area (Å²) in [6.45, 7) is 4.75. The van der Waals surface area contributed by atoms with Gasteiger partial charge in [0.15, 0.2) is 12.8 Å². The molecule has 0 atom stereocenters. The number of aliphatic imine (C=N–C) groups is 1. The predicted molar refractivity (Wildman–Crippen MR) is 107 cm³/mol. The van der Waals surface area contributed by atoms with Crippen molar-refractivity contribution < 1.29 is 13.9 Å². The molecule has 1 aliphatic heterocycles. The summed E-state index contributed by atoms with van der Waals surface area (Å²) in [7, 11) is 0. The molecule has 0 aromatic heterocycles. The summed E-state index contributed by atoms with van der Waals surface area (Å²) in [5.74, 6) is 0.560. The molecule has 1 heterocycles. The molecule has 1 aliphatic rings. The van der Waals surface area contributed by atoms with E-state index in [0.717, 1.165) is 16.8 Å². The molecule has 0 spiro atoms. The van der Waals surface area contributed by atoms with Crippen LogP contribution < -0.4 is 15.8 Å². The molecule has 2 aromatic carbocycles. The van der Waals surface area contributed by atoms with Crippen LogP contribution in [0.4, 0.5) is 10.1 Å². The Kier molecular flexibility index (Phi) is 6.60. The number of ether oxygens (including phenoxy) is 2. The second-order valence-electron chi connectivity index (χ2n) is 5.87. The zero-order valence-corrected chi connectivity index (χ0v) is 16.5. The predicted octanol–water partition coefficient (Wildman–Crippen LogP) is 3.85. The maximum absolute atomic E-state index is 13.7. The van der Waals surface area contributed by atoms with E-state index in [2.05, 4.69) is 16.4 Å². The lowest BCUT2D eigenvalue weighted by Gasteiger charge is -2.20. The number of aryl methyl sites for hydroxylation is 2. The molecule has 0 saturated carbocycles. The van der Waals surface area contributed by atoms with Crippen molar-refractivity contribution in [1.29, 1.82) is 0 Å². The standard InChI is InChI=1S/C18H20FN3O2.HI/c1-11-3-12(2)5-16(4-11)22-18(20)21-8-13-6-15(19)7-14-9-23-10-24-17(13)14;/h3-7H,8-10H2,1-2H3,(H3,20,21,22);1H. The molecule has 25 heavy (non-hydrogen) atoms. The summed E-state index contributed by atoms with van der Waals surface area (Å²) < 4.78 is 24.4. The fraction of sp³-hybridized carbons (Fsp3) is 0.278. The number of halogens is 2. The lowest BCUT2D eigenvalue weighted by atomic mass is 10.1. The molecule has 7 heteroatoms. The molecular formula is C18H21FIN3O2. The highest BCUT2D eigenvalue weighted by molar-refractivity contribution is 14.0. The average Bonchev–Trinajstić information content (AvgIpc) is 2.51. The topological polar surface area (TPSA) is 68.9 Å². The highest BCUT2D eigenvalue weighted by Gasteiger charge is 2.16. The Labute approximate surface area is 163 Å². The van der Waals surface area contributed by atoms with E-state index in [1.54, 1.807) is 0 Å². The quantitative estimate of drug-likeness (QED) is 0.418. The van der Waals surface area contributed by atoms with E-state index in [1.807, 2.05) is 26.0 Å². The zero-order chi connectivity index (χ0) is 17.1. The monoisotopic (exact) mass is 457 g/mol. The van der Waals surface area contributed by atoms with Crippen LogP contribution in [0.5, 0.6) is 5.75 Å². The lowest BCUT2D eigenvalue weighted by molar-refractivity contribution is -0.0172. The van der Waals surface area contributed by atoms with Crippen LogP contribution in [0.3, 0.4) is 0 Å². The highest BCUT2D eigenvalue weighted by Crippen LogP contribution is 2.29. The molecule has 0 aliphatic carbocycles. The molecule has 0 fully saturated rings. The van der Waals surface area contributed by atoms with Crippen molar-refractivity contribution in [1.82, 2.24) is 0 Å². The summed E-state index contributed by atoms with van der Waals surface area (Å²) >= 11 is 0. The third-order valence-corrected chi connectivity index (χ3v) is 3.67. The van der Waals surface area contributed by atoms with E-state index < -0.39 is 0 Å². The second kappa shape index (κ2) is 8.48. The van der Waals surface area contributed by atoms with Gasteiger partial charge in [0.2, 0.25) is 0 Å². The number of benzene rings is 2. The van der Waals surface area contributed by atoms with Gasteiger partial charge in [-0.05, 0) is 49.2 Å². The van der Waals surface area contributed by atoms with Crippen molar-refractivity contribution >= 4 is 35.6 Å². The van der Waals surface area contributed by atoms with Gasteiger partial charge in [0, 0.05) is 16.8 Å². The van der Waals surface area contributed by atoms with Crippen molar-refractivity contribution in [2.24, 2.45) is 10.7 Å². The van der Waals surface area contributed by atoms with Gasteiger partial charge in [-0.2, -0.15) is 0 Å². The first-order valence-electron chi connectivity index (χ1n) is 7.68. The minimum atomic E-state index is -0.339. The first-order chi connectivity index (χ1) is 11.5. The van der Waals surface area contributed by atoms with E-state index in [4.69, 9.17) is 15.2 Å². The maximum Gasteiger partial charge on any atom is 0.193 e. The highest BCUT2D eigenvalue weighted by atomic mass is 127. The van der Waals surface area contributed by atoms with Crippen LogP contribution in [0.25, 0.3) is 0 Å². The normalized spacial score (nSPS) is 13.5. The number of rotatable bonds is 3. The van der Waals surface area contributed by atoms with Gasteiger partial charge in [-0.15, -0.1) is 24.0 Å². The van der Waals surface area contributed by atoms with Gasteiger partial charge >= 0.3 is 0 Å². The molecule has 5 nitrogen and oxygen atoms in total. The Morgan fingerprint density at radius 1 is 1.20 bits per heavy atom. The molecule has 3 N–H and O–H groups in total. The van der Waals surface area contributed by atoms with E-state index in [-0.39, 0.29) is 49.1 Å². The number of hydrogen-bond donors (Lipinski definition) is 2. The largest absolute Gasteiger partial charge is 0.467 e. The molecule has 0 saturated heterocycles. The smallest absolute Gasteiger partial charge is 0.193 e. The number of guanidine groups is 1. The second-order valence-corrected chi connectivity index (χ2v) is 5.87. The molecule has 0 bridgehead atoms. The van der Waals surface area contributed by atoms with Gasteiger partial charge in [0.25, 0.3) is 0 Å². The van der Waals surface area contributed by atoms with Crippen LogP contribution in [0.15, 0.2) is 35.3 Å². The van der Waals surface area contributed by atoms with Crippen molar-refractivity contribution in [2.75, 3.05) is 12.1 Å². The van der Waals surface area contributed by atoms with Gasteiger partial charge in [0.05, 0.1) is 13.2 Å². The summed E-state index contributed by atoms with van der Waals surface area (Å²) in [6.07, 6.45) is 0. The maximum atomic E-state index is 13.7. The first kappa shape index (κ1) is 19.5. The van der Waals surface area contributed by atoms with E-state index in [0.29, 0.717) is 23.5 Å². The number of hydrogen-bond acceptors (Lipinski definition) is 3. The fourth-order valence-electron chi connectivity index (χ4n) is 2.78. The number of fused-ring (bicyclic) bond motifs is 1. The molecular weight excluding hydrogens is 436 g/mol. The summed E-state index contributed by atoms with van der Waals surface area (Å²) in [5, 5.41) is 3.06. The average molecular weight is 457 g/mol.